The van der Waals surface area contributed by atoms with Crippen LogP contribution in [0.5, 0.6) is 0 Å². The highest BCUT2D eigenvalue weighted by Gasteiger charge is 2.28. The fourth-order valence-corrected chi connectivity index (χ4v) is 3.59. The second kappa shape index (κ2) is 8.84. The second-order valence-corrected chi connectivity index (χ2v) is 6.81. The van der Waals surface area contributed by atoms with Gasteiger partial charge in [-0.15, -0.1) is 0 Å². The Morgan fingerprint density at radius 1 is 1.15 bits per heavy atom. The fourth-order valence-electron chi connectivity index (χ4n) is 3.59. The molecule has 144 valence electrons. The van der Waals surface area contributed by atoms with Crippen molar-refractivity contribution in [3.05, 3.63) is 53.1 Å². The minimum absolute atomic E-state index is 0.0750. The first-order chi connectivity index (χ1) is 13.2. The van der Waals surface area contributed by atoms with Crippen LogP contribution in [0.1, 0.15) is 59.1 Å². The molecule has 27 heavy (non-hydrogen) atoms. The van der Waals surface area contributed by atoms with Crippen molar-refractivity contribution >= 4 is 11.8 Å². The van der Waals surface area contributed by atoms with Crippen molar-refractivity contribution in [2.45, 2.75) is 46.1 Å². The van der Waals surface area contributed by atoms with Crippen molar-refractivity contribution in [2.75, 3.05) is 19.6 Å². The van der Waals surface area contributed by atoms with Gasteiger partial charge in [0.25, 0.3) is 11.8 Å². The molecule has 2 amide bonds. The topological polar surface area (TPSA) is 67.2 Å². The van der Waals surface area contributed by atoms with E-state index in [1.165, 1.54) is 5.56 Å². The predicted molar refractivity (Wildman–Crippen MR) is 105 cm³/mol. The molecular weight excluding hydrogens is 340 g/mol. The van der Waals surface area contributed by atoms with Crippen LogP contribution in [-0.4, -0.2) is 45.9 Å². The van der Waals surface area contributed by atoms with Gasteiger partial charge in [-0.1, -0.05) is 30.3 Å². The number of aromatic nitrogens is 2. The molecule has 0 atom stereocenters. The number of hydrogen-bond donors (Lipinski definition) is 1. The molecule has 1 aliphatic heterocycles. The number of fused-ring (bicyclic) bond motifs is 1. The van der Waals surface area contributed by atoms with Gasteiger partial charge in [-0.3, -0.25) is 9.59 Å². The third-order valence-electron chi connectivity index (χ3n) is 5.12. The van der Waals surface area contributed by atoms with E-state index < -0.39 is 0 Å². The highest BCUT2D eigenvalue weighted by molar-refractivity contribution is 5.97. The summed E-state index contributed by atoms with van der Waals surface area (Å²) in [7, 11) is 0. The number of imidazole rings is 1. The zero-order valence-corrected chi connectivity index (χ0v) is 16.2. The number of rotatable bonds is 7. The molecule has 3 rings (SSSR count). The molecule has 0 saturated carbocycles. The monoisotopic (exact) mass is 368 g/mol. The maximum Gasteiger partial charge on any atom is 0.287 e. The summed E-state index contributed by atoms with van der Waals surface area (Å²) in [6.45, 7) is 6.49. The van der Waals surface area contributed by atoms with Gasteiger partial charge in [0.15, 0.2) is 5.82 Å². The molecule has 1 N–H and O–H groups in total. The van der Waals surface area contributed by atoms with Gasteiger partial charge in [-0.05, 0) is 45.1 Å². The Labute approximate surface area is 160 Å². The first-order valence-corrected chi connectivity index (χ1v) is 9.86. The largest absolute Gasteiger partial charge is 0.349 e. The van der Waals surface area contributed by atoms with Crippen LogP contribution < -0.4 is 5.32 Å². The number of hydrogen-bond acceptors (Lipinski definition) is 3. The summed E-state index contributed by atoms with van der Waals surface area (Å²) < 4.78 is 1.94. The molecule has 0 spiro atoms. The number of carbonyl (C=O) groups is 2. The highest BCUT2D eigenvalue weighted by Crippen LogP contribution is 2.22. The van der Waals surface area contributed by atoms with Crippen molar-refractivity contribution in [2.24, 2.45) is 0 Å². The summed E-state index contributed by atoms with van der Waals surface area (Å²) in [5, 5.41) is 2.96. The molecule has 0 fully saturated rings. The Bertz CT molecular complexity index is 794. The van der Waals surface area contributed by atoms with Crippen LogP contribution in [-0.2, 0) is 19.4 Å². The molecule has 0 bridgehead atoms. The van der Waals surface area contributed by atoms with Gasteiger partial charge >= 0.3 is 0 Å². The average Bonchev–Trinajstić information content (AvgIpc) is 3.09. The molecule has 0 saturated heterocycles. The quantitative estimate of drug-likeness (QED) is 0.817. The van der Waals surface area contributed by atoms with Gasteiger partial charge in [0.05, 0.1) is 5.69 Å². The molecule has 0 unspecified atom stereocenters. The SMILES string of the molecule is CCN(CC)C(=O)c1nc(C(=O)NCCc2ccccc2)n2c1CCCC2. The molecule has 0 aliphatic carbocycles. The van der Waals surface area contributed by atoms with Crippen molar-refractivity contribution < 1.29 is 9.59 Å². The third kappa shape index (κ3) is 4.21. The predicted octanol–water partition coefficient (Wildman–Crippen LogP) is 2.67. The van der Waals surface area contributed by atoms with Gasteiger partial charge in [-0.2, -0.15) is 0 Å². The van der Waals surface area contributed by atoms with Crippen molar-refractivity contribution in [3.8, 4) is 0 Å². The van der Waals surface area contributed by atoms with Gasteiger partial charge in [0, 0.05) is 26.2 Å². The van der Waals surface area contributed by atoms with Crippen LogP contribution in [0.15, 0.2) is 30.3 Å². The molecular formula is C21H28N4O2. The Kier molecular flexibility index (Phi) is 6.27. The molecule has 2 aromatic rings. The average molecular weight is 368 g/mol. The Morgan fingerprint density at radius 2 is 1.89 bits per heavy atom. The van der Waals surface area contributed by atoms with Gasteiger partial charge in [-0.25, -0.2) is 4.98 Å². The Balaban J connectivity index is 1.76. The van der Waals surface area contributed by atoms with E-state index in [-0.39, 0.29) is 11.8 Å². The minimum atomic E-state index is -0.201. The van der Waals surface area contributed by atoms with Crippen LogP contribution in [0.4, 0.5) is 0 Å². The molecule has 1 aromatic carbocycles. The van der Waals surface area contributed by atoms with Gasteiger partial charge < -0.3 is 14.8 Å². The first kappa shape index (κ1) is 19.1. The Morgan fingerprint density at radius 3 is 2.59 bits per heavy atom. The van der Waals surface area contributed by atoms with E-state index >= 15 is 0 Å². The van der Waals surface area contributed by atoms with Crippen LogP contribution in [0, 0.1) is 0 Å². The maximum absolute atomic E-state index is 12.8. The maximum atomic E-state index is 12.8. The zero-order chi connectivity index (χ0) is 19.2. The lowest BCUT2D eigenvalue weighted by atomic mass is 10.1. The van der Waals surface area contributed by atoms with E-state index in [1.54, 1.807) is 4.90 Å². The summed E-state index contributed by atoms with van der Waals surface area (Å²) in [6.07, 6.45) is 3.60. The van der Waals surface area contributed by atoms with E-state index in [0.717, 1.165) is 37.9 Å². The highest BCUT2D eigenvalue weighted by atomic mass is 16.2. The summed E-state index contributed by atoms with van der Waals surface area (Å²) in [4.78, 5) is 31.8. The van der Waals surface area contributed by atoms with Crippen LogP contribution in [0.2, 0.25) is 0 Å². The van der Waals surface area contributed by atoms with Crippen LogP contribution in [0.25, 0.3) is 0 Å². The molecule has 0 radical (unpaired) electrons. The number of carbonyl (C=O) groups excluding carboxylic acids is 2. The lowest BCUT2D eigenvalue weighted by molar-refractivity contribution is 0.0766. The summed E-state index contributed by atoms with van der Waals surface area (Å²) in [5.41, 5.74) is 2.54. The van der Waals surface area contributed by atoms with Gasteiger partial charge in [0.1, 0.15) is 5.69 Å². The van der Waals surface area contributed by atoms with E-state index in [2.05, 4.69) is 10.3 Å². The standard InChI is InChI=1S/C21H28N4O2/c1-3-24(4-2)21(27)18-17-12-8-9-15-25(17)19(23-18)20(26)22-14-13-16-10-6-5-7-11-16/h5-7,10-11H,3-4,8-9,12-15H2,1-2H3,(H,22,26). The lowest BCUT2D eigenvalue weighted by Gasteiger charge is -2.20. The van der Waals surface area contributed by atoms with Crippen LogP contribution in [0.3, 0.4) is 0 Å². The van der Waals surface area contributed by atoms with E-state index in [0.29, 0.717) is 31.2 Å². The zero-order valence-electron chi connectivity index (χ0n) is 16.2. The molecule has 2 heterocycles. The van der Waals surface area contributed by atoms with Crippen molar-refractivity contribution in [1.82, 2.24) is 19.8 Å². The summed E-state index contributed by atoms with van der Waals surface area (Å²) in [5.74, 6) is 0.0925. The molecule has 6 nitrogen and oxygen atoms in total. The lowest BCUT2D eigenvalue weighted by Crippen LogP contribution is -2.31. The minimum Gasteiger partial charge on any atom is -0.349 e. The summed E-state index contributed by atoms with van der Waals surface area (Å²) >= 11 is 0. The number of nitrogens with zero attached hydrogens (tertiary/aromatic N) is 3. The number of amides is 2. The summed E-state index contributed by atoms with van der Waals surface area (Å²) in [6, 6.07) is 10.1. The first-order valence-electron chi connectivity index (χ1n) is 9.86. The van der Waals surface area contributed by atoms with E-state index in [9.17, 15) is 9.59 Å². The number of benzene rings is 1. The van der Waals surface area contributed by atoms with E-state index in [1.807, 2.05) is 48.7 Å². The van der Waals surface area contributed by atoms with Crippen molar-refractivity contribution in [1.29, 1.82) is 0 Å². The van der Waals surface area contributed by atoms with E-state index in [4.69, 9.17) is 0 Å². The van der Waals surface area contributed by atoms with Crippen LogP contribution >= 0.6 is 0 Å². The van der Waals surface area contributed by atoms with Crippen molar-refractivity contribution in [3.63, 3.8) is 0 Å². The molecule has 1 aliphatic rings. The molecule has 1 aromatic heterocycles. The smallest absolute Gasteiger partial charge is 0.287 e. The normalized spacial score (nSPS) is 13.1. The molecule has 6 heteroatoms. The fraction of sp³-hybridized carbons (Fsp3) is 0.476. The van der Waals surface area contributed by atoms with Gasteiger partial charge in [0.2, 0.25) is 0 Å². The number of nitrogens with one attached hydrogen (secondary N) is 1. The second-order valence-electron chi connectivity index (χ2n) is 6.81. The Hall–Kier alpha value is -2.63. The third-order valence-corrected chi connectivity index (χ3v) is 5.12.